The highest BCUT2D eigenvalue weighted by Gasteiger charge is 2.28. The Bertz CT molecular complexity index is 854. The number of nitrogens with zero attached hydrogens (tertiary/aromatic N) is 1. The van der Waals surface area contributed by atoms with Gasteiger partial charge in [0.25, 0.3) is 0 Å². The molecule has 1 atom stereocenters. The predicted molar refractivity (Wildman–Crippen MR) is 82.7 cm³/mol. The summed E-state index contributed by atoms with van der Waals surface area (Å²) in [5, 5.41) is 2.87. The van der Waals surface area contributed by atoms with Crippen LogP contribution in [0.3, 0.4) is 0 Å². The second-order valence-electron chi connectivity index (χ2n) is 5.41. The fourth-order valence-corrected chi connectivity index (χ4v) is 4.08. The first-order valence-electron chi connectivity index (χ1n) is 7.32. The number of amides is 1. The topological polar surface area (TPSA) is 88.2 Å². The standard InChI is InChI=1S/C15H16FN3O3S/c16-11-6-7-13(10-4-3-9-17-14(10)11)23(21,22)19-12-5-1-2-8-18-15(12)20/h3-4,6-7,9,12,19H,1-2,5,8H2,(H,18,20)/t12-/m0/s1. The maximum atomic E-state index is 13.8. The highest BCUT2D eigenvalue weighted by molar-refractivity contribution is 7.89. The Morgan fingerprint density at radius 1 is 1.26 bits per heavy atom. The van der Waals surface area contributed by atoms with Crippen molar-refractivity contribution in [3.8, 4) is 0 Å². The summed E-state index contributed by atoms with van der Waals surface area (Å²) >= 11 is 0. The van der Waals surface area contributed by atoms with Crippen LogP contribution in [-0.2, 0) is 14.8 Å². The number of aromatic nitrogens is 1. The number of carbonyl (C=O) groups excluding carboxylic acids is 1. The minimum absolute atomic E-state index is 0.0132. The third-order valence-corrected chi connectivity index (χ3v) is 5.33. The monoisotopic (exact) mass is 337 g/mol. The summed E-state index contributed by atoms with van der Waals surface area (Å²) in [6, 6.07) is 4.47. The van der Waals surface area contributed by atoms with E-state index in [9.17, 15) is 17.6 Å². The first-order chi connectivity index (χ1) is 11.0. The molecule has 1 aromatic carbocycles. The molecule has 0 spiro atoms. The Morgan fingerprint density at radius 2 is 2.09 bits per heavy atom. The molecule has 1 aromatic heterocycles. The van der Waals surface area contributed by atoms with Gasteiger partial charge in [0, 0.05) is 18.1 Å². The Labute approximate surface area is 133 Å². The molecule has 0 unspecified atom stereocenters. The number of carbonyl (C=O) groups is 1. The van der Waals surface area contributed by atoms with E-state index in [-0.39, 0.29) is 21.7 Å². The molecule has 1 aliphatic heterocycles. The molecule has 1 amide bonds. The van der Waals surface area contributed by atoms with Gasteiger partial charge in [-0.15, -0.1) is 0 Å². The number of pyridine rings is 1. The Balaban J connectivity index is 2.00. The number of halogens is 1. The number of fused-ring (bicyclic) bond motifs is 1. The lowest BCUT2D eigenvalue weighted by Gasteiger charge is -2.16. The van der Waals surface area contributed by atoms with Crippen LogP contribution >= 0.6 is 0 Å². The average molecular weight is 337 g/mol. The minimum Gasteiger partial charge on any atom is -0.355 e. The molecule has 2 heterocycles. The van der Waals surface area contributed by atoms with Gasteiger partial charge in [-0.05, 0) is 43.5 Å². The van der Waals surface area contributed by atoms with Crippen molar-refractivity contribution in [3.63, 3.8) is 0 Å². The Kier molecular flexibility index (Phi) is 4.27. The first-order valence-corrected chi connectivity index (χ1v) is 8.80. The van der Waals surface area contributed by atoms with Gasteiger partial charge in [-0.1, -0.05) is 0 Å². The van der Waals surface area contributed by atoms with Crippen molar-refractivity contribution in [2.24, 2.45) is 0 Å². The maximum Gasteiger partial charge on any atom is 0.241 e. The van der Waals surface area contributed by atoms with Crippen molar-refractivity contribution >= 4 is 26.8 Å². The van der Waals surface area contributed by atoms with Crippen molar-refractivity contribution in [2.45, 2.75) is 30.2 Å². The second kappa shape index (κ2) is 6.21. The first kappa shape index (κ1) is 15.8. The summed E-state index contributed by atoms with van der Waals surface area (Å²) in [4.78, 5) is 15.7. The van der Waals surface area contributed by atoms with Crippen molar-refractivity contribution < 1.29 is 17.6 Å². The van der Waals surface area contributed by atoms with Gasteiger partial charge >= 0.3 is 0 Å². The largest absolute Gasteiger partial charge is 0.355 e. The molecule has 1 fully saturated rings. The third-order valence-electron chi connectivity index (χ3n) is 3.80. The van der Waals surface area contributed by atoms with E-state index in [1.165, 1.54) is 18.3 Å². The van der Waals surface area contributed by atoms with Gasteiger partial charge in [-0.25, -0.2) is 12.8 Å². The number of nitrogens with one attached hydrogen (secondary N) is 2. The molecule has 1 saturated heterocycles. The molecule has 0 radical (unpaired) electrons. The lowest BCUT2D eigenvalue weighted by molar-refractivity contribution is -0.122. The molecular weight excluding hydrogens is 321 g/mol. The van der Waals surface area contributed by atoms with Crippen molar-refractivity contribution in [1.29, 1.82) is 0 Å². The number of hydrogen-bond acceptors (Lipinski definition) is 4. The van der Waals surface area contributed by atoms with E-state index < -0.39 is 21.9 Å². The number of hydrogen-bond donors (Lipinski definition) is 2. The van der Waals surface area contributed by atoms with Crippen LogP contribution in [0.15, 0.2) is 35.4 Å². The van der Waals surface area contributed by atoms with Gasteiger partial charge in [0.15, 0.2) is 0 Å². The third kappa shape index (κ3) is 3.18. The van der Waals surface area contributed by atoms with E-state index in [1.54, 1.807) is 6.07 Å². The van der Waals surface area contributed by atoms with E-state index in [2.05, 4.69) is 15.0 Å². The molecule has 2 N–H and O–H groups in total. The Hall–Kier alpha value is -2.06. The zero-order chi connectivity index (χ0) is 16.4. The molecular formula is C15H16FN3O3S. The van der Waals surface area contributed by atoms with Crippen molar-refractivity contribution in [2.75, 3.05) is 6.54 Å². The van der Waals surface area contributed by atoms with Crippen LogP contribution in [0.4, 0.5) is 4.39 Å². The Morgan fingerprint density at radius 3 is 2.91 bits per heavy atom. The molecule has 122 valence electrons. The summed E-state index contributed by atoms with van der Waals surface area (Å²) in [5.41, 5.74) is -0.0132. The molecule has 8 heteroatoms. The van der Waals surface area contributed by atoms with E-state index in [0.29, 0.717) is 13.0 Å². The van der Waals surface area contributed by atoms with Gasteiger partial charge in [0.05, 0.1) is 4.90 Å². The van der Waals surface area contributed by atoms with Gasteiger partial charge in [0.2, 0.25) is 15.9 Å². The van der Waals surface area contributed by atoms with Crippen LogP contribution in [0.5, 0.6) is 0 Å². The normalized spacial score (nSPS) is 19.3. The molecule has 2 aromatic rings. The van der Waals surface area contributed by atoms with Crippen LogP contribution in [0.2, 0.25) is 0 Å². The van der Waals surface area contributed by atoms with Crippen molar-refractivity contribution in [3.05, 3.63) is 36.3 Å². The lowest BCUT2D eigenvalue weighted by Crippen LogP contribution is -2.45. The summed E-state index contributed by atoms with van der Waals surface area (Å²) < 4.78 is 41.5. The van der Waals surface area contributed by atoms with E-state index >= 15 is 0 Å². The second-order valence-corrected chi connectivity index (χ2v) is 7.09. The summed E-state index contributed by atoms with van der Waals surface area (Å²) in [6.45, 7) is 0.542. The van der Waals surface area contributed by atoms with E-state index in [4.69, 9.17) is 0 Å². The number of benzene rings is 1. The smallest absolute Gasteiger partial charge is 0.241 e. The summed E-state index contributed by atoms with van der Waals surface area (Å²) in [6.07, 6.45) is 3.39. The van der Waals surface area contributed by atoms with Crippen LogP contribution in [0.1, 0.15) is 19.3 Å². The molecule has 6 nitrogen and oxygen atoms in total. The predicted octanol–water partition coefficient (Wildman–Crippen LogP) is 1.32. The van der Waals surface area contributed by atoms with Crippen LogP contribution in [0, 0.1) is 5.82 Å². The van der Waals surface area contributed by atoms with Gasteiger partial charge in [0.1, 0.15) is 17.4 Å². The van der Waals surface area contributed by atoms with Gasteiger partial charge < -0.3 is 5.32 Å². The fraction of sp³-hybridized carbons (Fsp3) is 0.333. The highest BCUT2D eigenvalue weighted by atomic mass is 32.2. The van der Waals surface area contributed by atoms with E-state index in [1.807, 2.05) is 0 Å². The average Bonchev–Trinajstić information content (AvgIpc) is 2.72. The molecule has 0 saturated carbocycles. The minimum atomic E-state index is -3.97. The van der Waals surface area contributed by atoms with E-state index in [0.717, 1.165) is 18.9 Å². The molecule has 0 bridgehead atoms. The molecule has 23 heavy (non-hydrogen) atoms. The highest BCUT2D eigenvalue weighted by Crippen LogP contribution is 2.24. The summed E-state index contributed by atoms with van der Waals surface area (Å²) in [5.74, 6) is -0.928. The van der Waals surface area contributed by atoms with Crippen LogP contribution in [0.25, 0.3) is 10.9 Å². The van der Waals surface area contributed by atoms with Gasteiger partial charge in [-0.2, -0.15) is 4.72 Å². The molecule has 0 aliphatic carbocycles. The lowest BCUT2D eigenvalue weighted by atomic mass is 10.1. The maximum absolute atomic E-state index is 13.8. The SMILES string of the molecule is O=C1NCCCC[C@@H]1NS(=O)(=O)c1ccc(F)c2ncccc12. The quantitative estimate of drug-likeness (QED) is 0.884. The summed E-state index contributed by atoms with van der Waals surface area (Å²) in [7, 11) is -3.97. The zero-order valence-corrected chi connectivity index (χ0v) is 13.1. The molecule has 3 rings (SSSR count). The number of rotatable bonds is 3. The fourth-order valence-electron chi connectivity index (χ4n) is 2.65. The van der Waals surface area contributed by atoms with Crippen LogP contribution in [-0.4, -0.2) is 31.9 Å². The number of sulfonamides is 1. The zero-order valence-electron chi connectivity index (χ0n) is 12.3. The van der Waals surface area contributed by atoms with Crippen LogP contribution < -0.4 is 10.0 Å². The molecule has 1 aliphatic rings. The van der Waals surface area contributed by atoms with Gasteiger partial charge in [-0.3, -0.25) is 9.78 Å². The van der Waals surface area contributed by atoms with Crippen molar-refractivity contribution in [1.82, 2.24) is 15.0 Å².